The summed E-state index contributed by atoms with van der Waals surface area (Å²) in [5, 5.41) is 5.52. The third-order valence-corrected chi connectivity index (χ3v) is 5.14. The lowest BCUT2D eigenvalue weighted by Crippen LogP contribution is -2.44. The van der Waals surface area contributed by atoms with Crippen LogP contribution in [-0.4, -0.2) is 38.3 Å². The Morgan fingerprint density at radius 1 is 1.07 bits per heavy atom. The zero-order valence-corrected chi connectivity index (χ0v) is 16.6. The van der Waals surface area contributed by atoms with E-state index in [0.717, 1.165) is 11.8 Å². The Morgan fingerprint density at radius 2 is 1.70 bits per heavy atom. The molecule has 0 saturated carbocycles. The second-order valence-corrected chi connectivity index (χ2v) is 8.95. The molecule has 2 rings (SSSR count). The number of hydrogen-bond donors (Lipinski definition) is 2. The predicted molar refractivity (Wildman–Crippen MR) is 107 cm³/mol. The number of carbonyl (C=O) groups is 2. The third-order valence-electron chi connectivity index (χ3n) is 3.84. The van der Waals surface area contributed by atoms with Gasteiger partial charge >= 0.3 is 0 Å². The SMILES string of the molecule is Cc1ccc(NC(=O)[C@@H](CCS(C)(=O)=O)NC(=O)c2ccccc2Cl)cc1. The minimum absolute atomic E-state index is 0.0489. The van der Waals surface area contributed by atoms with Crippen molar-refractivity contribution in [3.63, 3.8) is 0 Å². The molecule has 0 fully saturated rings. The smallest absolute Gasteiger partial charge is 0.253 e. The fourth-order valence-electron chi connectivity index (χ4n) is 2.35. The highest BCUT2D eigenvalue weighted by atomic mass is 35.5. The molecule has 0 saturated heterocycles. The van der Waals surface area contributed by atoms with Crippen LogP contribution in [0, 0.1) is 6.92 Å². The normalized spacial score (nSPS) is 12.3. The lowest BCUT2D eigenvalue weighted by molar-refractivity contribution is -0.118. The first-order chi connectivity index (χ1) is 12.7. The van der Waals surface area contributed by atoms with E-state index in [1.165, 1.54) is 6.07 Å². The van der Waals surface area contributed by atoms with Gasteiger partial charge in [-0.3, -0.25) is 9.59 Å². The van der Waals surface area contributed by atoms with E-state index in [-0.39, 0.29) is 22.8 Å². The molecule has 2 amide bonds. The summed E-state index contributed by atoms with van der Waals surface area (Å²) in [4.78, 5) is 25.1. The average Bonchev–Trinajstić information content (AvgIpc) is 2.60. The summed E-state index contributed by atoms with van der Waals surface area (Å²) in [5.41, 5.74) is 1.81. The second kappa shape index (κ2) is 9.01. The summed E-state index contributed by atoms with van der Waals surface area (Å²) in [5.74, 6) is -1.28. The first-order valence-electron chi connectivity index (χ1n) is 8.26. The van der Waals surface area contributed by atoms with Gasteiger partial charge < -0.3 is 10.6 Å². The van der Waals surface area contributed by atoms with Crippen molar-refractivity contribution in [2.75, 3.05) is 17.3 Å². The number of amides is 2. The fraction of sp³-hybridized carbons (Fsp3) is 0.263. The maximum Gasteiger partial charge on any atom is 0.253 e. The van der Waals surface area contributed by atoms with Crippen LogP contribution in [0.1, 0.15) is 22.3 Å². The lowest BCUT2D eigenvalue weighted by atomic mass is 10.1. The van der Waals surface area contributed by atoms with Crippen molar-refractivity contribution >= 4 is 38.9 Å². The molecule has 0 aliphatic carbocycles. The molecular weight excluding hydrogens is 388 g/mol. The van der Waals surface area contributed by atoms with E-state index in [0.29, 0.717) is 5.69 Å². The lowest BCUT2D eigenvalue weighted by Gasteiger charge is -2.18. The van der Waals surface area contributed by atoms with Crippen molar-refractivity contribution in [2.45, 2.75) is 19.4 Å². The molecular formula is C19H21ClN2O4S. The molecule has 2 N–H and O–H groups in total. The van der Waals surface area contributed by atoms with Crippen LogP contribution in [-0.2, 0) is 14.6 Å². The highest BCUT2D eigenvalue weighted by molar-refractivity contribution is 7.90. The van der Waals surface area contributed by atoms with Crippen molar-refractivity contribution in [3.8, 4) is 0 Å². The molecule has 0 spiro atoms. The number of carbonyl (C=O) groups excluding carboxylic acids is 2. The number of rotatable bonds is 7. The van der Waals surface area contributed by atoms with Gasteiger partial charge in [0.25, 0.3) is 5.91 Å². The first-order valence-corrected chi connectivity index (χ1v) is 10.7. The third kappa shape index (κ3) is 6.69. The molecule has 0 aliphatic heterocycles. The van der Waals surface area contributed by atoms with Crippen molar-refractivity contribution in [2.24, 2.45) is 0 Å². The molecule has 2 aromatic carbocycles. The fourth-order valence-corrected chi connectivity index (χ4v) is 3.23. The van der Waals surface area contributed by atoms with E-state index in [4.69, 9.17) is 11.6 Å². The standard InChI is InChI=1S/C19H21ClN2O4S/c1-13-7-9-14(10-8-13)21-19(24)17(11-12-27(2,25)26)22-18(23)15-5-3-4-6-16(15)20/h3-10,17H,11-12H2,1-2H3,(H,21,24)(H,22,23)/t17-/m1/s1. The summed E-state index contributed by atoms with van der Waals surface area (Å²) >= 11 is 6.02. The van der Waals surface area contributed by atoms with Crippen LogP contribution >= 0.6 is 11.6 Å². The quantitative estimate of drug-likeness (QED) is 0.736. The zero-order chi connectivity index (χ0) is 20.0. The van der Waals surface area contributed by atoms with Gasteiger partial charge in [0.05, 0.1) is 16.3 Å². The van der Waals surface area contributed by atoms with Crippen LogP contribution in [0.15, 0.2) is 48.5 Å². The first kappa shape index (κ1) is 20.9. The van der Waals surface area contributed by atoms with Crippen LogP contribution in [0.3, 0.4) is 0 Å². The van der Waals surface area contributed by atoms with Gasteiger partial charge in [0.1, 0.15) is 15.9 Å². The number of nitrogens with one attached hydrogen (secondary N) is 2. The van der Waals surface area contributed by atoms with Crippen LogP contribution in [0.5, 0.6) is 0 Å². The largest absolute Gasteiger partial charge is 0.340 e. The van der Waals surface area contributed by atoms with Gasteiger partial charge in [-0.2, -0.15) is 0 Å². The average molecular weight is 409 g/mol. The number of benzene rings is 2. The second-order valence-electron chi connectivity index (χ2n) is 6.28. The molecule has 144 valence electrons. The van der Waals surface area contributed by atoms with Crippen LogP contribution < -0.4 is 10.6 Å². The molecule has 0 radical (unpaired) electrons. The molecule has 6 nitrogen and oxygen atoms in total. The van der Waals surface area contributed by atoms with E-state index < -0.39 is 27.7 Å². The van der Waals surface area contributed by atoms with E-state index in [2.05, 4.69) is 10.6 Å². The number of sulfone groups is 1. The van der Waals surface area contributed by atoms with E-state index >= 15 is 0 Å². The Kier molecular flexibility index (Phi) is 6.98. The van der Waals surface area contributed by atoms with Crippen molar-refractivity contribution in [1.29, 1.82) is 0 Å². The Bertz CT molecular complexity index is 927. The van der Waals surface area contributed by atoms with Gasteiger partial charge in [-0.25, -0.2) is 8.42 Å². The highest BCUT2D eigenvalue weighted by Crippen LogP contribution is 2.16. The number of aryl methyl sites for hydroxylation is 1. The summed E-state index contributed by atoms with van der Waals surface area (Å²) in [6.07, 6.45) is 1.03. The van der Waals surface area contributed by atoms with Crippen molar-refractivity contribution < 1.29 is 18.0 Å². The van der Waals surface area contributed by atoms with Gasteiger partial charge in [-0.05, 0) is 37.6 Å². The maximum atomic E-state index is 12.6. The topological polar surface area (TPSA) is 92.3 Å². The summed E-state index contributed by atoms with van der Waals surface area (Å²) in [6, 6.07) is 12.5. The molecule has 2 aromatic rings. The van der Waals surface area contributed by atoms with Gasteiger partial charge in [0.15, 0.2) is 0 Å². The van der Waals surface area contributed by atoms with Gasteiger partial charge in [-0.1, -0.05) is 41.4 Å². The Labute approximate surface area is 163 Å². The maximum absolute atomic E-state index is 12.6. The van der Waals surface area contributed by atoms with Crippen molar-refractivity contribution in [1.82, 2.24) is 5.32 Å². The molecule has 0 bridgehead atoms. The van der Waals surface area contributed by atoms with Crippen LogP contribution in [0.25, 0.3) is 0 Å². The molecule has 27 heavy (non-hydrogen) atoms. The monoisotopic (exact) mass is 408 g/mol. The van der Waals surface area contributed by atoms with Gasteiger partial charge in [0.2, 0.25) is 5.91 Å². The number of anilines is 1. The molecule has 0 aliphatic rings. The number of hydrogen-bond acceptors (Lipinski definition) is 4. The van der Waals surface area contributed by atoms with Crippen molar-refractivity contribution in [3.05, 3.63) is 64.7 Å². The minimum atomic E-state index is -3.30. The Balaban J connectivity index is 2.16. The Morgan fingerprint density at radius 3 is 2.30 bits per heavy atom. The predicted octanol–water partition coefficient (Wildman–Crippen LogP) is 2.82. The summed E-state index contributed by atoms with van der Waals surface area (Å²) < 4.78 is 23.0. The molecule has 1 atom stereocenters. The summed E-state index contributed by atoms with van der Waals surface area (Å²) in [6.45, 7) is 1.92. The van der Waals surface area contributed by atoms with E-state index in [1.54, 1.807) is 30.3 Å². The molecule has 0 unspecified atom stereocenters. The molecule has 8 heteroatoms. The molecule has 0 aromatic heterocycles. The Hall–Kier alpha value is -2.38. The van der Waals surface area contributed by atoms with Crippen LogP contribution in [0.2, 0.25) is 5.02 Å². The summed E-state index contributed by atoms with van der Waals surface area (Å²) in [7, 11) is -3.30. The highest BCUT2D eigenvalue weighted by Gasteiger charge is 2.24. The van der Waals surface area contributed by atoms with Gasteiger partial charge in [0, 0.05) is 11.9 Å². The van der Waals surface area contributed by atoms with E-state index in [9.17, 15) is 18.0 Å². The van der Waals surface area contributed by atoms with Gasteiger partial charge in [-0.15, -0.1) is 0 Å². The van der Waals surface area contributed by atoms with E-state index in [1.807, 2.05) is 19.1 Å². The number of halogens is 1. The molecule has 0 heterocycles. The zero-order valence-electron chi connectivity index (χ0n) is 15.0. The minimum Gasteiger partial charge on any atom is -0.340 e. The van der Waals surface area contributed by atoms with Crippen LogP contribution in [0.4, 0.5) is 5.69 Å².